The first-order valence-corrected chi connectivity index (χ1v) is 10.3. The van der Waals surface area contributed by atoms with Crippen molar-refractivity contribution >= 4 is 33.2 Å². The molecule has 1 amide bonds. The number of amides is 1. The molecule has 0 aliphatic carbocycles. The molecule has 1 aliphatic heterocycles. The molecule has 134 valence electrons. The summed E-state index contributed by atoms with van der Waals surface area (Å²) in [6.07, 6.45) is 2.39. The minimum Gasteiger partial charge on any atom is -0.459 e. The van der Waals surface area contributed by atoms with Crippen molar-refractivity contribution in [2.75, 3.05) is 6.54 Å². The lowest BCUT2D eigenvalue weighted by Crippen LogP contribution is -2.31. The SMILES string of the molecule is Cc1ccc(-c2nc(CC(=O)N3CCCC3c3ccc(Br)cc3)cs2)o1. The second-order valence-electron chi connectivity index (χ2n) is 6.53. The Morgan fingerprint density at radius 2 is 2.12 bits per heavy atom. The van der Waals surface area contributed by atoms with Crippen molar-refractivity contribution in [3.05, 3.63) is 63.3 Å². The Labute approximate surface area is 165 Å². The Morgan fingerprint density at radius 3 is 2.85 bits per heavy atom. The van der Waals surface area contributed by atoms with Crippen LogP contribution >= 0.6 is 27.3 Å². The first-order chi connectivity index (χ1) is 12.6. The fraction of sp³-hybridized carbons (Fsp3) is 0.300. The third-order valence-electron chi connectivity index (χ3n) is 4.66. The van der Waals surface area contributed by atoms with Crippen LogP contribution in [0.1, 0.15) is 35.9 Å². The molecule has 0 saturated carbocycles. The van der Waals surface area contributed by atoms with Gasteiger partial charge in [0.2, 0.25) is 5.91 Å². The predicted octanol–water partition coefficient (Wildman–Crippen LogP) is 5.38. The zero-order valence-electron chi connectivity index (χ0n) is 14.4. The Hall–Kier alpha value is -1.92. The van der Waals surface area contributed by atoms with Crippen LogP contribution in [0.25, 0.3) is 10.8 Å². The van der Waals surface area contributed by atoms with Gasteiger partial charge < -0.3 is 9.32 Å². The molecule has 1 aromatic carbocycles. The van der Waals surface area contributed by atoms with Crippen molar-refractivity contribution in [1.29, 1.82) is 0 Å². The van der Waals surface area contributed by atoms with Gasteiger partial charge in [-0.2, -0.15) is 0 Å². The maximum absolute atomic E-state index is 12.9. The molecule has 2 aromatic heterocycles. The van der Waals surface area contributed by atoms with Gasteiger partial charge in [-0.1, -0.05) is 28.1 Å². The van der Waals surface area contributed by atoms with E-state index in [0.717, 1.165) is 46.1 Å². The number of aryl methyl sites for hydroxylation is 1. The lowest BCUT2D eigenvalue weighted by Gasteiger charge is -2.25. The highest BCUT2D eigenvalue weighted by atomic mass is 79.9. The van der Waals surface area contributed by atoms with Crippen molar-refractivity contribution in [1.82, 2.24) is 9.88 Å². The molecule has 3 aromatic rings. The number of furan rings is 1. The van der Waals surface area contributed by atoms with Crippen molar-refractivity contribution in [2.45, 2.75) is 32.2 Å². The van der Waals surface area contributed by atoms with Gasteiger partial charge in [-0.15, -0.1) is 11.3 Å². The Bertz CT molecular complexity index is 916. The molecule has 0 spiro atoms. The van der Waals surface area contributed by atoms with Gasteiger partial charge in [0.25, 0.3) is 0 Å². The molecule has 3 heterocycles. The molecule has 0 radical (unpaired) electrons. The Balaban J connectivity index is 1.47. The molecule has 1 fully saturated rings. The van der Waals surface area contributed by atoms with Gasteiger partial charge in [0.05, 0.1) is 18.2 Å². The minimum atomic E-state index is 0.142. The van der Waals surface area contributed by atoms with E-state index in [0.29, 0.717) is 6.42 Å². The van der Waals surface area contributed by atoms with E-state index in [1.165, 1.54) is 16.9 Å². The third kappa shape index (κ3) is 3.62. The zero-order valence-corrected chi connectivity index (χ0v) is 16.8. The maximum atomic E-state index is 12.9. The second kappa shape index (κ2) is 7.37. The fourth-order valence-corrected chi connectivity index (χ4v) is 4.45. The van der Waals surface area contributed by atoms with Gasteiger partial charge >= 0.3 is 0 Å². The molecule has 0 N–H and O–H groups in total. The molecular formula is C20H19BrN2O2S. The zero-order chi connectivity index (χ0) is 18.1. The molecule has 1 unspecified atom stereocenters. The highest BCUT2D eigenvalue weighted by Gasteiger charge is 2.30. The number of hydrogen-bond donors (Lipinski definition) is 0. The summed E-state index contributed by atoms with van der Waals surface area (Å²) in [6.45, 7) is 2.73. The lowest BCUT2D eigenvalue weighted by molar-refractivity contribution is -0.131. The first kappa shape index (κ1) is 17.5. The molecule has 1 atom stereocenters. The Kier molecular flexibility index (Phi) is 4.96. The smallest absolute Gasteiger partial charge is 0.229 e. The summed E-state index contributed by atoms with van der Waals surface area (Å²) < 4.78 is 6.68. The number of hydrogen-bond acceptors (Lipinski definition) is 4. The van der Waals surface area contributed by atoms with Gasteiger partial charge in [0.1, 0.15) is 5.76 Å². The number of likely N-dealkylation sites (tertiary alicyclic amines) is 1. The molecule has 26 heavy (non-hydrogen) atoms. The summed E-state index contributed by atoms with van der Waals surface area (Å²) in [5.74, 6) is 1.77. The predicted molar refractivity (Wildman–Crippen MR) is 106 cm³/mol. The monoisotopic (exact) mass is 430 g/mol. The van der Waals surface area contributed by atoms with E-state index in [1.54, 1.807) is 0 Å². The molecular weight excluding hydrogens is 412 g/mol. The third-order valence-corrected chi connectivity index (χ3v) is 6.10. The van der Waals surface area contributed by atoms with Crippen molar-refractivity contribution < 1.29 is 9.21 Å². The van der Waals surface area contributed by atoms with E-state index in [-0.39, 0.29) is 11.9 Å². The Morgan fingerprint density at radius 1 is 1.31 bits per heavy atom. The van der Waals surface area contributed by atoms with Crippen molar-refractivity contribution in [3.63, 3.8) is 0 Å². The number of carbonyl (C=O) groups excluding carboxylic acids is 1. The largest absolute Gasteiger partial charge is 0.459 e. The van der Waals surface area contributed by atoms with E-state index < -0.39 is 0 Å². The van der Waals surface area contributed by atoms with E-state index >= 15 is 0 Å². The lowest BCUT2D eigenvalue weighted by atomic mass is 10.0. The average Bonchev–Trinajstić information content (AvgIpc) is 3.35. The molecule has 1 aliphatic rings. The number of benzene rings is 1. The number of carbonyl (C=O) groups is 1. The van der Waals surface area contributed by atoms with E-state index in [9.17, 15) is 4.79 Å². The molecule has 1 saturated heterocycles. The highest BCUT2D eigenvalue weighted by molar-refractivity contribution is 9.10. The van der Waals surface area contributed by atoms with Crippen LogP contribution in [0.2, 0.25) is 0 Å². The minimum absolute atomic E-state index is 0.142. The second-order valence-corrected chi connectivity index (χ2v) is 8.30. The highest BCUT2D eigenvalue weighted by Crippen LogP contribution is 2.33. The van der Waals surface area contributed by atoms with Crippen LogP contribution in [0.3, 0.4) is 0 Å². The normalized spacial score (nSPS) is 17.0. The van der Waals surface area contributed by atoms with Crippen molar-refractivity contribution in [3.8, 4) is 10.8 Å². The summed E-state index contributed by atoms with van der Waals surface area (Å²) in [7, 11) is 0. The number of aromatic nitrogens is 1. The van der Waals surface area contributed by atoms with Gasteiger partial charge in [-0.25, -0.2) is 4.98 Å². The molecule has 6 heteroatoms. The number of rotatable bonds is 4. The summed E-state index contributed by atoms with van der Waals surface area (Å²) in [5.41, 5.74) is 2.01. The van der Waals surface area contributed by atoms with E-state index in [2.05, 4.69) is 33.0 Å². The summed E-state index contributed by atoms with van der Waals surface area (Å²) in [4.78, 5) is 19.5. The number of thiazole rings is 1. The molecule has 4 rings (SSSR count). The molecule has 0 bridgehead atoms. The first-order valence-electron chi connectivity index (χ1n) is 8.66. The average molecular weight is 431 g/mol. The standard InChI is InChI=1S/C20H19BrN2O2S/c1-13-4-9-18(25-13)20-22-16(12-26-20)11-19(24)23-10-2-3-17(23)14-5-7-15(21)8-6-14/h4-9,12,17H,2-3,10-11H2,1H3. The van der Waals surface area contributed by atoms with Crippen LogP contribution in [0.4, 0.5) is 0 Å². The number of nitrogens with zero attached hydrogens (tertiary/aromatic N) is 2. The molecule has 4 nitrogen and oxygen atoms in total. The van der Waals surface area contributed by atoms with Gasteiger partial charge in [0, 0.05) is 16.4 Å². The summed E-state index contributed by atoms with van der Waals surface area (Å²) >= 11 is 4.99. The van der Waals surface area contributed by atoms with Crippen LogP contribution in [0.15, 0.2) is 50.7 Å². The van der Waals surface area contributed by atoms with E-state index in [4.69, 9.17) is 4.42 Å². The van der Waals surface area contributed by atoms with Crippen LogP contribution in [0.5, 0.6) is 0 Å². The summed E-state index contributed by atoms with van der Waals surface area (Å²) in [6, 6.07) is 12.3. The van der Waals surface area contributed by atoms with Crippen molar-refractivity contribution in [2.24, 2.45) is 0 Å². The van der Waals surface area contributed by atoms with Gasteiger partial charge in [0.15, 0.2) is 10.8 Å². The van der Waals surface area contributed by atoms with Gasteiger partial charge in [-0.05, 0) is 49.6 Å². The van der Waals surface area contributed by atoms with Crippen LogP contribution < -0.4 is 0 Å². The summed E-state index contributed by atoms with van der Waals surface area (Å²) in [5, 5.41) is 2.78. The fourth-order valence-electron chi connectivity index (χ4n) is 3.40. The van der Waals surface area contributed by atoms with Gasteiger partial charge in [-0.3, -0.25) is 4.79 Å². The van der Waals surface area contributed by atoms with E-state index in [1.807, 2.05) is 41.5 Å². The topological polar surface area (TPSA) is 46.3 Å². The quantitative estimate of drug-likeness (QED) is 0.557. The van der Waals surface area contributed by atoms with Crippen LogP contribution in [0, 0.1) is 6.92 Å². The van der Waals surface area contributed by atoms with Crippen LogP contribution in [-0.4, -0.2) is 22.3 Å². The number of halogens is 1. The van der Waals surface area contributed by atoms with Crippen LogP contribution in [-0.2, 0) is 11.2 Å². The maximum Gasteiger partial charge on any atom is 0.229 e.